The van der Waals surface area contributed by atoms with E-state index in [0.29, 0.717) is 36.8 Å². The van der Waals surface area contributed by atoms with Crippen LogP contribution in [0.15, 0.2) is 6.07 Å². The summed E-state index contributed by atoms with van der Waals surface area (Å²) in [5.41, 5.74) is 1.58. The van der Waals surface area contributed by atoms with Crippen molar-refractivity contribution in [2.45, 2.75) is 57.5 Å². The van der Waals surface area contributed by atoms with Crippen LogP contribution in [0.5, 0.6) is 0 Å². The van der Waals surface area contributed by atoms with E-state index in [1.165, 1.54) is 32.1 Å². The fraction of sp³-hybridized carbons (Fsp3) is 0.750. The van der Waals surface area contributed by atoms with Crippen molar-refractivity contribution in [2.75, 3.05) is 13.2 Å². The third-order valence-corrected chi connectivity index (χ3v) is 4.60. The van der Waals surface area contributed by atoms with Crippen LogP contribution in [-0.4, -0.2) is 35.4 Å². The topological polar surface area (TPSA) is 67.0 Å². The standard InChI is InChI=1S/C16H25N3O2/c1-11-4-2-3-5-15(11)21-9-8-17-16(20)14-10-13(18-19-14)12-6-7-12/h10-12,15H,2-9H2,1H3,(H,17,20)(H,18,19)/t11-,15+/m1/s1. The zero-order valence-corrected chi connectivity index (χ0v) is 12.7. The molecule has 1 aromatic rings. The number of carbonyl (C=O) groups is 1. The van der Waals surface area contributed by atoms with Gasteiger partial charge in [-0.3, -0.25) is 9.89 Å². The lowest BCUT2D eigenvalue weighted by molar-refractivity contribution is -0.00295. The third-order valence-electron chi connectivity index (χ3n) is 4.60. The molecule has 0 aromatic carbocycles. The van der Waals surface area contributed by atoms with Crippen molar-refractivity contribution < 1.29 is 9.53 Å². The normalized spacial score (nSPS) is 25.8. The molecule has 0 unspecified atom stereocenters. The lowest BCUT2D eigenvalue weighted by Crippen LogP contribution is -2.32. The second-order valence-electron chi connectivity index (χ2n) is 6.41. The van der Waals surface area contributed by atoms with Crippen LogP contribution in [0.25, 0.3) is 0 Å². The minimum atomic E-state index is -0.113. The number of ether oxygens (including phenoxy) is 1. The Morgan fingerprint density at radius 3 is 2.95 bits per heavy atom. The lowest BCUT2D eigenvalue weighted by atomic mass is 9.88. The first-order valence-electron chi connectivity index (χ1n) is 8.19. The molecule has 2 fully saturated rings. The minimum Gasteiger partial charge on any atom is -0.376 e. The summed E-state index contributed by atoms with van der Waals surface area (Å²) < 4.78 is 5.89. The maximum absolute atomic E-state index is 12.0. The van der Waals surface area contributed by atoms with Gasteiger partial charge in [-0.15, -0.1) is 0 Å². The van der Waals surface area contributed by atoms with Gasteiger partial charge in [-0.05, 0) is 37.7 Å². The van der Waals surface area contributed by atoms with Crippen LogP contribution >= 0.6 is 0 Å². The van der Waals surface area contributed by atoms with E-state index in [-0.39, 0.29) is 5.91 Å². The first-order chi connectivity index (χ1) is 10.2. The van der Waals surface area contributed by atoms with E-state index in [0.717, 1.165) is 12.1 Å². The molecule has 1 heterocycles. The molecule has 1 amide bonds. The van der Waals surface area contributed by atoms with Gasteiger partial charge in [0, 0.05) is 18.2 Å². The summed E-state index contributed by atoms with van der Waals surface area (Å²) in [7, 11) is 0. The Morgan fingerprint density at radius 1 is 1.38 bits per heavy atom. The lowest BCUT2D eigenvalue weighted by Gasteiger charge is -2.28. The zero-order valence-electron chi connectivity index (χ0n) is 12.7. The Kier molecular flexibility index (Phi) is 4.58. The predicted octanol–water partition coefficient (Wildman–Crippen LogP) is 2.61. The van der Waals surface area contributed by atoms with Crippen molar-refractivity contribution in [1.82, 2.24) is 15.5 Å². The molecule has 0 spiro atoms. The van der Waals surface area contributed by atoms with Gasteiger partial charge >= 0.3 is 0 Å². The van der Waals surface area contributed by atoms with Crippen molar-refractivity contribution in [3.63, 3.8) is 0 Å². The molecular formula is C16H25N3O2. The van der Waals surface area contributed by atoms with Crippen LogP contribution in [0, 0.1) is 5.92 Å². The van der Waals surface area contributed by atoms with Crippen molar-refractivity contribution in [3.05, 3.63) is 17.5 Å². The van der Waals surface area contributed by atoms with Gasteiger partial charge < -0.3 is 10.1 Å². The quantitative estimate of drug-likeness (QED) is 0.792. The Balaban J connectivity index is 1.37. The van der Waals surface area contributed by atoms with Crippen LogP contribution < -0.4 is 5.32 Å². The highest BCUT2D eigenvalue weighted by atomic mass is 16.5. The average Bonchev–Trinajstić information content (AvgIpc) is 3.22. The van der Waals surface area contributed by atoms with Crippen LogP contribution in [0.2, 0.25) is 0 Å². The molecule has 2 aliphatic rings. The van der Waals surface area contributed by atoms with Crippen LogP contribution in [0.1, 0.15) is 67.5 Å². The number of amides is 1. The number of aromatic amines is 1. The minimum absolute atomic E-state index is 0.113. The van der Waals surface area contributed by atoms with Gasteiger partial charge in [0.25, 0.3) is 5.91 Å². The SMILES string of the molecule is C[C@@H]1CCCC[C@@H]1OCCNC(=O)c1cc(C2CC2)[nH]n1. The van der Waals surface area contributed by atoms with E-state index in [1.807, 2.05) is 6.07 Å². The Morgan fingerprint density at radius 2 is 2.19 bits per heavy atom. The molecule has 2 saturated carbocycles. The highest BCUT2D eigenvalue weighted by molar-refractivity contribution is 5.92. The van der Waals surface area contributed by atoms with Gasteiger partial charge in [0.1, 0.15) is 5.69 Å². The molecule has 2 aliphatic carbocycles. The molecule has 21 heavy (non-hydrogen) atoms. The number of nitrogens with one attached hydrogen (secondary N) is 2. The highest BCUT2D eigenvalue weighted by Crippen LogP contribution is 2.38. The first kappa shape index (κ1) is 14.6. The molecule has 116 valence electrons. The smallest absolute Gasteiger partial charge is 0.271 e. The van der Waals surface area contributed by atoms with Gasteiger partial charge in [0.15, 0.2) is 0 Å². The number of rotatable bonds is 6. The maximum atomic E-state index is 12.0. The molecule has 0 aliphatic heterocycles. The Bertz CT molecular complexity index is 482. The summed E-state index contributed by atoms with van der Waals surface area (Å²) in [5.74, 6) is 1.12. The van der Waals surface area contributed by atoms with E-state index in [1.54, 1.807) is 0 Å². The van der Waals surface area contributed by atoms with Crippen LogP contribution in [-0.2, 0) is 4.74 Å². The van der Waals surface area contributed by atoms with Crippen molar-refractivity contribution in [2.24, 2.45) is 5.92 Å². The monoisotopic (exact) mass is 291 g/mol. The fourth-order valence-corrected chi connectivity index (χ4v) is 3.05. The maximum Gasteiger partial charge on any atom is 0.271 e. The van der Waals surface area contributed by atoms with E-state index < -0.39 is 0 Å². The summed E-state index contributed by atoms with van der Waals surface area (Å²) in [6, 6.07) is 1.87. The third kappa shape index (κ3) is 3.84. The van der Waals surface area contributed by atoms with Crippen molar-refractivity contribution in [1.29, 1.82) is 0 Å². The van der Waals surface area contributed by atoms with Crippen LogP contribution in [0.3, 0.4) is 0 Å². The molecule has 5 nitrogen and oxygen atoms in total. The van der Waals surface area contributed by atoms with Gasteiger partial charge in [-0.2, -0.15) is 5.10 Å². The summed E-state index contributed by atoms with van der Waals surface area (Å²) in [6.45, 7) is 3.39. The molecule has 2 atom stereocenters. The molecule has 0 saturated heterocycles. The van der Waals surface area contributed by atoms with Crippen LogP contribution in [0.4, 0.5) is 0 Å². The van der Waals surface area contributed by atoms with E-state index in [2.05, 4.69) is 22.4 Å². The average molecular weight is 291 g/mol. The van der Waals surface area contributed by atoms with E-state index in [9.17, 15) is 4.79 Å². The van der Waals surface area contributed by atoms with Crippen molar-refractivity contribution in [3.8, 4) is 0 Å². The Hall–Kier alpha value is -1.36. The second-order valence-corrected chi connectivity index (χ2v) is 6.41. The number of nitrogens with zero attached hydrogens (tertiary/aromatic N) is 1. The number of H-pyrrole nitrogens is 1. The summed E-state index contributed by atoms with van der Waals surface area (Å²) in [5, 5.41) is 9.91. The zero-order chi connectivity index (χ0) is 14.7. The molecule has 3 rings (SSSR count). The largest absolute Gasteiger partial charge is 0.376 e. The predicted molar refractivity (Wildman–Crippen MR) is 80.3 cm³/mol. The van der Waals surface area contributed by atoms with Gasteiger partial charge in [0.05, 0.1) is 12.7 Å². The van der Waals surface area contributed by atoms with E-state index >= 15 is 0 Å². The van der Waals surface area contributed by atoms with Gasteiger partial charge in [-0.1, -0.05) is 19.8 Å². The second kappa shape index (κ2) is 6.60. The summed E-state index contributed by atoms with van der Waals surface area (Å²) in [6.07, 6.45) is 7.77. The molecule has 5 heteroatoms. The molecule has 1 aromatic heterocycles. The number of aromatic nitrogens is 2. The summed E-state index contributed by atoms with van der Waals surface area (Å²) >= 11 is 0. The first-order valence-corrected chi connectivity index (χ1v) is 8.19. The van der Waals surface area contributed by atoms with Crippen molar-refractivity contribution >= 4 is 5.91 Å². The highest BCUT2D eigenvalue weighted by Gasteiger charge is 2.26. The number of hydrogen-bond donors (Lipinski definition) is 2. The Labute approximate surface area is 125 Å². The number of hydrogen-bond acceptors (Lipinski definition) is 3. The van der Waals surface area contributed by atoms with E-state index in [4.69, 9.17) is 4.74 Å². The van der Waals surface area contributed by atoms with Gasteiger partial charge in [-0.25, -0.2) is 0 Å². The molecule has 0 radical (unpaired) electrons. The molecular weight excluding hydrogens is 266 g/mol. The molecule has 0 bridgehead atoms. The molecule has 2 N–H and O–H groups in total. The summed E-state index contributed by atoms with van der Waals surface area (Å²) in [4.78, 5) is 12.0. The number of carbonyl (C=O) groups excluding carboxylic acids is 1. The fourth-order valence-electron chi connectivity index (χ4n) is 3.05. The van der Waals surface area contributed by atoms with Gasteiger partial charge in [0.2, 0.25) is 0 Å².